The highest BCUT2D eigenvalue weighted by atomic mass is 19.1. The standard InChI is InChI=1S/C36H39FN8O4/c1-36(2,44-19-17-42(18-20-44)35(47)48-4)22-29(39-3)34(46)43-15-8-9-24(23-43)33-41-30(31-32(38)40-14-16-45(31)33)27-13-12-26(21-28(27)37)49-25-10-6-5-7-11-25/h5-7,10-14,16,21-22,24H,8-9,15,17-20,23H2,1-2,4H3,(H2,38,40)/t24-/m1/s1. The molecule has 4 aromatic rings. The van der Waals surface area contributed by atoms with Crippen molar-refractivity contribution in [1.82, 2.24) is 29.1 Å². The van der Waals surface area contributed by atoms with Crippen LogP contribution in [0.3, 0.4) is 0 Å². The molecule has 0 saturated carbocycles. The summed E-state index contributed by atoms with van der Waals surface area (Å²) in [7, 11) is 1.36. The number of amides is 2. The quantitative estimate of drug-likeness (QED) is 0.200. The number of fused-ring (bicyclic) bond motifs is 1. The van der Waals surface area contributed by atoms with Gasteiger partial charge in [-0.05, 0) is 51.0 Å². The fraction of sp³-hybridized carbons (Fsp3) is 0.361. The number of benzene rings is 2. The molecule has 2 saturated heterocycles. The summed E-state index contributed by atoms with van der Waals surface area (Å²) in [4.78, 5) is 44.1. The smallest absolute Gasteiger partial charge is 0.409 e. The normalized spacial score (nSPS) is 17.5. The molecule has 2 amide bonds. The summed E-state index contributed by atoms with van der Waals surface area (Å²) in [5.41, 5.74) is 6.87. The molecule has 1 atom stereocenters. The van der Waals surface area contributed by atoms with Crippen LogP contribution in [0, 0.1) is 12.4 Å². The van der Waals surface area contributed by atoms with Crippen LogP contribution in [-0.4, -0.2) is 93.0 Å². The first kappa shape index (κ1) is 33.4. The molecular formula is C36H39FN8O4. The first-order valence-electron chi connectivity index (χ1n) is 16.2. The number of rotatable bonds is 7. The highest BCUT2D eigenvalue weighted by Gasteiger charge is 2.34. The van der Waals surface area contributed by atoms with E-state index in [1.807, 2.05) is 36.4 Å². The van der Waals surface area contributed by atoms with E-state index in [1.54, 1.807) is 52.5 Å². The molecular weight excluding hydrogens is 627 g/mol. The van der Waals surface area contributed by atoms with Crippen LogP contribution in [-0.2, 0) is 9.53 Å². The van der Waals surface area contributed by atoms with Crippen LogP contribution >= 0.6 is 0 Å². The third kappa shape index (κ3) is 6.91. The number of nitrogens with zero attached hydrogens (tertiary/aromatic N) is 7. The lowest BCUT2D eigenvalue weighted by Crippen LogP contribution is -2.55. The van der Waals surface area contributed by atoms with Gasteiger partial charge >= 0.3 is 6.09 Å². The third-order valence-electron chi connectivity index (χ3n) is 9.22. The minimum absolute atomic E-state index is 0.0445. The fourth-order valence-electron chi connectivity index (χ4n) is 6.64. The lowest BCUT2D eigenvalue weighted by Gasteiger charge is -2.42. The second-order valence-corrected chi connectivity index (χ2v) is 12.7. The minimum Gasteiger partial charge on any atom is -0.457 e. The Labute approximate surface area is 284 Å². The van der Waals surface area contributed by atoms with Gasteiger partial charge in [-0.3, -0.25) is 14.1 Å². The number of nitrogen functional groups attached to an aromatic ring is 1. The number of imidazole rings is 1. The number of halogens is 1. The van der Waals surface area contributed by atoms with Gasteiger partial charge in [-0.15, -0.1) is 0 Å². The Balaban J connectivity index is 1.23. The Morgan fingerprint density at radius 2 is 1.82 bits per heavy atom. The van der Waals surface area contributed by atoms with E-state index in [9.17, 15) is 9.59 Å². The van der Waals surface area contributed by atoms with Crippen molar-refractivity contribution in [2.24, 2.45) is 0 Å². The monoisotopic (exact) mass is 666 g/mol. The Morgan fingerprint density at radius 1 is 1.06 bits per heavy atom. The van der Waals surface area contributed by atoms with Gasteiger partial charge in [-0.25, -0.2) is 24.0 Å². The molecule has 2 fully saturated rings. The van der Waals surface area contributed by atoms with E-state index in [4.69, 9.17) is 26.8 Å². The number of para-hydroxylation sites is 1. The summed E-state index contributed by atoms with van der Waals surface area (Å²) < 4.78 is 28.2. The number of anilines is 1. The van der Waals surface area contributed by atoms with Crippen molar-refractivity contribution < 1.29 is 23.5 Å². The molecule has 0 unspecified atom stereocenters. The van der Waals surface area contributed by atoms with Crippen LogP contribution in [0.1, 0.15) is 38.4 Å². The van der Waals surface area contributed by atoms with Crippen LogP contribution in [0.4, 0.5) is 15.0 Å². The second-order valence-electron chi connectivity index (χ2n) is 12.7. The maximum atomic E-state index is 15.7. The molecule has 6 rings (SSSR count). The molecule has 2 aromatic heterocycles. The molecule has 254 valence electrons. The number of ether oxygens (including phenoxy) is 2. The van der Waals surface area contributed by atoms with E-state index >= 15 is 4.39 Å². The van der Waals surface area contributed by atoms with Crippen LogP contribution in [0.25, 0.3) is 21.6 Å². The minimum atomic E-state index is -0.600. The predicted octanol–water partition coefficient (Wildman–Crippen LogP) is 5.58. The van der Waals surface area contributed by atoms with Crippen LogP contribution in [0.2, 0.25) is 0 Å². The van der Waals surface area contributed by atoms with Crippen molar-refractivity contribution in [3.05, 3.63) is 95.8 Å². The van der Waals surface area contributed by atoms with E-state index in [1.165, 1.54) is 13.2 Å². The molecule has 0 bridgehead atoms. The summed E-state index contributed by atoms with van der Waals surface area (Å²) in [6.45, 7) is 14.8. The molecule has 2 aromatic carbocycles. The van der Waals surface area contributed by atoms with Crippen molar-refractivity contribution in [3.63, 3.8) is 0 Å². The zero-order valence-electron chi connectivity index (χ0n) is 27.8. The Hall–Kier alpha value is -5.48. The van der Waals surface area contributed by atoms with Gasteiger partial charge in [0.1, 0.15) is 40.2 Å². The number of likely N-dealkylation sites (tertiary alicyclic amines) is 1. The number of methoxy groups -OCH3 is 1. The Bertz CT molecular complexity index is 1930. The molecule has 0 spiro atoms. The molecule has 4 heterocycles. The molecule has 2 aliphatic rings. The van der Waals surface area contributed by atoms with Gasteiger partial charge < -0.3 is 25.0 Å². The van der Waals surface area contributed by atoms with Gasteiger partial charge in [-0.2, -0.15) is 0 Å². The van der Waals surface area contributed by atoms with E-state index in [0.29, 0.717) is 74.2 Å². The number of hydrogen-bond donors (Lipinski definition) is 1. The van der Waals surface area contributed by atoms with Gasteiger partial charge in [0, 0.05) is 74.7 Å². The van der Waals surface area contributed by atoms with E-state index in [0.717, 1.165) is 6.42 Å². The predicted molar refractivity (Wildman–Crippen MR) is 182 cm³/mol. The Kier molecular flexibility index (Phi) is 9.51. The summed E-state index contributed by atoms with van der Waals surface area (Å²) in [6, 6.07) is 13.8. The maximum Gasteiger partial charge on any atom is 0.409 e. The van der Waals surface area contributed by atoms with Gasteiger partial charge in [0.25, 0.3) is 5.91 Å². The maximum absolute atomic E-state index is 15.7. The van der Waals surface area contributed by atoms with E-state index < -0.39 is 11.4 Å². The first-order valence-corrected chi connectivity index (χ1v) is 16.2. The van der Waals surface area contributed by atoms with Gasteiger partial charge in [0.2, 0.25) is 5.70 Å². The average Bonchev–Trinajstić information content (AvgIpc) is 3.51. The number of hydrogen-bond acceptors (Lipinski definition) is 8. The van der Waals surface area contributed by atoms with Gasteiger partial charge in [-0.1, -0.05) is 24.3 Å². The van der Waals surface area contributed by atoms with Crippen molar-refractivity contribution in [2.75, 3.05) is 52.1 Å². The van der Waals surface area contributed by atoms with E-state index in [-0.39, 0.29) is 35.0 Å². The van der Waals surface area contributed by atoms with Crippen molar-refractivity contribution in [1.29, 1.82) is 0 Å². The first-order chi connectivity index (χ1) is 23.6. The highest BCUT2D eigenvalue weighted by Crippen LogP contribution is 2.36. The zero-order valence-corrected chi connectivity index (χ0v) is 27.8. The van der Waals surface area contributed by atoms with E-state index in [2.05, 4.69) is 14.7 Å². The zero-order chi connectivity index (χ0) is 34.7. The summed E-state index contributed by atoms with van der Waals surface area (Å²) in [5.74, 6) is 0.713. The third-order valence-corrected chi connectivity index (χ3v) is 9.22. The molecule has 2 N–H and O–H groups in total. The molecule has 0 radical (unpaired) electrons. The lowest BCUT2D eigenvalue weighted by atomic mass is 9.96. The molecule has 0 aliphatic carbocycles. The summed E-state index contributed by atoms with van der Waals surface area (Å²) >= 11 is 0. The number of piperazine rings is 1. The molecule has 49 heavy (non-hydrogen) atoms. The molecule has 2 aliphatic heterocycles. The van der Waals surface area contributed by atoms with Crippen LogP contribution < -0.4 is 10.5 Å². The summed E-state index contributed by atoms with van der Waals surface area (Å²) in [6.07, 6.45) is 6.12. The largest absolute Gasteiger partial charge is 0.457 e. The highest BCUT2D eigenvalue weighted by molar-refractivity contribution is 5.95. The van der Waals surface area contributed by atoms with Crippen molar-refractivity contribution in [3.8, 4) is 22.8 Å². The number of carbonyl (C=O) groups is 2. The van der Waals surface area contributed by atoms with Crippen LogP contribution in [0.15, 0.2) is 72.7 Å². The average molecular weight is 667 g/mol. The second kappa shape index (κ2) is 13.9. The van der Waals surface area contributed by atoms with Gasteiger partial charge in [0.15, 0.2) is 0 Å². The van der Waals surface area contributed by atoms with Gasteiger partial charge in [0.05, 0.1) is 13.7 Å². The fourth-order valence-corrected chi connectivity index (χ4v) is 6.64. The Morgan fingerprint density at radius 3 is 2.51 bits per heavy atom. The van der Waals surface area contributed by atoms with Crippen LogP contribution in [0.5, 0.6) is 11.5 Å². The van der Waals surface area contributed by atoms with Crippen molar-refractivity contribution >= 4 is 23.3 Å². The SMILES string of the molecule is [C-]#[N+]C(=CC(C)(C)N1CCN(C(=O)OC)CC1)C(=O)N1CCC[C@@H](c2nc(-c3ccc(Oc4ccccc4)cc3F)c3c(N)nccn23)C1. The van der Waals surface area contributed by atoms with Crippen molar-refractivity contribution in [2.45, 2.75) is 38.1 Å². The lowest BCUT2D eigenvalue weighted by molar-refractivity contribution is -0.128. The molecule has 13 heteroatoms. The number of carbonyl (C=O) groups excluding carboxylic acids is 2. The topological polar surface area (TPSA) is 123 Å². The number of nitrogens with two attached hydrogens (primary N) is 1. The number of aromatic nitrogens is 3. The molecule has 12 nitrogen and oxygen atoms in total. The number of piperidine rings is 1. The summed E-state index contributed by atoms with van der Waals surface area (Å²) in [5, 5.41) is 0.